The molecule has 140 valence electrons. The van der Waals surface area contributed by atoms with Crippen molar-refractivity contribution in [2.24, 2.45) is 0 Å². The van der Waals surface area contributed by atoms with Crippen LogP contribution in [0, 0.1) is 11.6 Å². The van der Waals surface area contributed by atoms with Crippen LogP contribution in [0.25, 0.3) is 11.1 Å². The van der Waals surface area contributed by atoms with Crippen molar-refractivity contribution in [2.75, 3.05) is 18.2 Å². The monoisotopic (exact) mass is 362 g/mol. The van der Waals surface area contributed by atoms with Crippen molar-refractivity contribution in [3.63, 3.8) is 0 Å². The first-order valence-electron chi connectivity index (χ1n) is 8.24. The van der Waals surface area contributed by atoms with E-state index in [1.807, 2.05) is 0 Å². The van der Waals surface area contributed by atoms with Gasteiger partial charge in [0.25, 0.3) is 0 Å². The Morgan fingerprint density at radius 1 is 1.19 bits per heavy atom. The Morgan fingerprint density at radius 2 is 1.77 bits per heavy atom. The van der Waals surface area contributed by atoms with Gasteiger partial charge in [0.1, 0.15) is 11.6 Å². The second-order valence-corrected chi connectivity index (χ2v) is 7.24. The number of halogens is 2. The summed E-state index contributed by atoms with van der Waals surface area (Å²) in [5, 5.41) is 2.66. The Bertz CT molecular complexity index is 819. The van der Waals surface area contributed by atoms with Crippen LogP contribution in [0.3, 0.4) is 0 Å². The van der Waals surface area contributed by atoms with E-state index in [-0.39, 0.29) is 23.6 Å². The largest absolute Gasteiger partial charge is 0.398 e. The maximum atomic E-state index is 14.7. The number of nitrogens with one attached hydrogen (secondary N) is 1. The summed E-state index contributed by atoms with van der Waals surface area (Å²) in [4.78, 5) is 11.5. The molecule has 1 amide bonds. The Morgan fingerprint density at radius 3 is 2.23 bits per heavy atom. The molecule has 0 atom stereocenters. The molecule has 6 heteroatoms. The fourth-order valence-electron chi connectivity index (χ4n) is 2.98. The molecule has 0 saturated carbocycles. The predicted molar refractivity (Wildman–Crippen MR) is 99.9 cm³/mol. The van der Waals surface area contributed by atoms with Gasteiger partial charge in [0.15, 0.2) is 0 Å². The molecular formula is C20H24F2N2O2. The number of carbonyl (C=O) groups excluding carboxylic acids is 1. The zero-order chi connectivity index (χ0) is 19.6. The number of benzene rings is 2. The summed E-state index contributed by atoms with van der Waals surface area (Å²) in [5.74, 6) is -1.62. The highest BCUT2D eigenvalue weighted by Gasteiger charge is 2.25. The maximum absolute atomic E-state index is 14.7. The third-order valence-corrected chi connectivity index (χ3v) is 4.03. The van der Waals surface area contributed by atoms with Gasteiger partial charge in [-0.2, -0.15) is 0 Å². The number of carbonyl (C=O) groups is 1. The smallest absolute Gasteiger partial charge is 0.221 e. The van der Waals surface area contributed by atoms with Crippen molar-refractivity contribution >= 4 is 17.3 Å². The molecule has 0 aliphatic heterocycles. The highest BCUT2D eigenvalue weighted by atomic mass is 19.1. The topological polar surface area (TPSA) is 64.3 Å². The first-order valence-corrected chi connectivity index (χ1v) is 8.24. The van der Waals surface area contributed by atoms with Crippen molar-refractivity contribution in [3.05, 3.63) is 47.0 Å². The SMILES string of the molecule is COCc1ccc(NC(C)=O)c(-c2cc(F)c(C(C)(C)C)c(F)c2)c1N. The van der Waals surface area contributed by atoms with Gasteiger partial charge in [0, 0.05) is 36.4 Å². The highest BCUT2D eigenvalue weighted by molar-refractivity contribution is 5.98. The first kappa shape index (κ1) is 19.8. The minimum absolute atomic E-state index is 0.00828. The molecule has 0 bridgehead atoms. The molecule has 3 N–H and O–H groups in total. The molecule has 0 aromatic heterocycles. The zero-order valence-corrected chi connectivity index (χ0v) is 15.7. The molecule has 0 fully saturated rings. The Balaban J connectivity index is 2.73. The maximum Gasteiger partial charge on any atom is 0.221 e. The molecule has 0 unspecified atom stereocenters. The molecule has 0 aliphatic rings. The van der Waals surface area contributed by atoms with E-state index in [1.165, 1.54) is 26.2 Å². The summed E-state index contributed by atoms with van der Waals surface area (Å²) >= 11 is 0. The van der Waals surface area contributed by atoms with Crippen LogP contribution < -0.4 is 11.1 Å². The molecule has 0 radical (unpaired) electrons. The predicted octanol–water partition coefficient (Wildman–Crippen LogP) is 4.62. The molecule has 26 heavy (non-hydrogen) atoms. The molecule has 2 rings (SSSR count). The molecule has 0 heterocycles. The van der Waals surface area contributed by atoms with E-state index < -0.39 is 17.0 Å². The van der Waals surface area contributed by atoms with Crippen LogP contribution in [0.5, 0.6) is 0 Å². The number of hydrogen-bond acceptors (Lipinski definition) is 3. The van der Waals surface area contributed by atoms with Crippen LogP contribution in [-0.2, 0) is 21.6 Å². The van der Waals surface area contributed by atoms with E-state index >= 15 is 0 Å². The molecular weight excluding hydrogens is 338 g/mol. The average molecular weight is 362 g/mol. The van der Waals surface area contributed by atoms with E-state index in [1.54, 1.807) is 32.9 Å². The minimum atomic E-state index is -0.684. The lowest BCUT2D eigenvalue weighted by atomic mass is 9.84. The summed E-state index contributed by atoms with van der Waals surface area (Å²) < 4.78 is 34.5. The van der Waals surface area contributed by atoms with Gasteiger partial charge in [-0.3, -0.25) is 4.79 Å². The van der Waals surface area contributed by atoms with Gasteiger partial charge >= 0.3 is 0 Å². The van der Waals surface area contributed by atoms with Gasteiger partial charge < -0.3 is 15.8 Å². The van der Waals surface area contributed by atoms with Gasteiger partial charge in [-0.1, -0.05) is 26.8 Å². The lowest BCUT2D eigenvalue weighted by Gasteiger charge is -2.22. The third-order valence-electron chi connectivity index (χ3n) is 4.03. The molecule has 2 aromatic rings. The summed E-state index contributed by atoms with van der Waals surface area (Å²) in [6.07, 6.45) is 0. The van der Waals surface area contributed by atoms with Crippen LogP contribution in [0.15, 0.2) is 24.3 Å². The third kappa shape index (κ3) is 4.02. The van der Waals surface area contributed by atoms with Crippen molar-refractivity contribution in [1.82, 2.24) is 0 Å². The molecule has 2 aromatic carbocycles. The second-order valence-electron chi connectivity index (χ2n) is 7.24. The van der Waals surface area contributed by atoms with Gasteiger partial charge in [-0.25, -0.2) is 8.78 Å². The number of ether oxygens (including phenoxy) is 1. The van der Waals surface area contributed by atoms with E-state index in [0.717, 1.165) is 0 Å². The molecule has 4 nitrogen and oxygen atoms in total. The number of methoxy groups -OCH3 is 1. The van der Waals surface area contributed by atoms with E-state index in [0.29, 0.717) is 22.5 Å². The Kier molecular flexibility index (Phi) is 5.66. The van der Waals surface area contributed by atoms with E-state index in [9.17, 15) is 13.6 Å². The summed E-state index contributed by atoms with van der Waals surface area (Å²) in [7, 11) is 1.53. The minimum Gasteiger partial charge on any atom is -0.398 e. The fraction of sp³-hybridized carbons (Fsp3) is 0.350. The van der Waals surface area contributed by atoms with Crippen molar-refractivity contribution in [1.29, 1.82) is 0 Å². The van der Waals surface area contributed by atoms with Gasteiger partial charge in [-0.15, -0.1) is 0 Å². The Hall–Kier alpha value is -2.47. The van der Waals surface area contributed by atoms with Crippen LogP contribution >= 0.6 is 0 Å². The summed E-state index contributed by atoms with van der Waals surface area (Å²) in [6, 6.07) is 5.85. The number of nitrogens with two attached hydrogens (primary N) is 1. The van der Waals surface area contributed by atoms with Crippen LogP contribution in [0.1, 0.15) is 38.8 Å². The highest BCUT2D eigenvalue weighted by Crippen LogP contribution is 2.39. The standard InChI is InChI=1S/C20H24F2N2O2/c1-11(25)24-16-7-6-12(10-26-5)19(23)17(16)13-8-14(21)18(15(22)9-13)20(2,3)4/h6-9H,10,23H2,1-5H3,(H,24,25). The lowest BCUT2D eigenvalue weighted by Crippen LogP contribution is -2.16. The average Bonchev–Trinajstić information content (AvgIpc) is 2.47. The number of anilines is 2. The van der Waals surface area contributed by atoms with Crippen molar-refractivity contribution in [2.45, 2.75) is 39.7 Å². The van der Waals surface area contributed by atoms with Crippen molar-refractivity contribution < 1.29 is 18.3 Å². The van der Waals surface area contributed by atoms with E-state index in [2.05, 4.69) is 5.32 Å². The number of rotatable bonds is 4. The quantitative estimate of drug-likeness (QED) is 0.780. The van der Waals surface area contributed by atoms with Crippen LogP contribution in [0.4, 0.5) is 20.2 Å². The first-order chi connectivity index (χ1) is 12.1. The fourth-order valence-corrected chi connectivity index (χ4v) is 2.98. The van der Waals surface area contributed by atoms with Crippen LogP contribution in [0.2, 0.25) is 0 Å². The zero-order valence-electron chi connectivity index (χ0n) is 15.7. The number of hydrogen-bond donors (Lipinski definition) is 2. The lowest BCUT2D eigenvalue weighted by molar-refractivity contribution is -0.114. The van der Waals surface area contributed by atoms with Gasteiger partial charge in [0.2, 0.25) is 5.91 Å². The summed E-state index contributed by atoms with van der Waals surface area (Å²) in [5.41, 5.74) is 7.53. The molecule has 0 spiro atoms. The van der Waals surface area contributed by atoms with Gasteiger partial charge in [0.05, 0.1) is 12.3 Å². The Labute approximate surface area is 152 Å². The van der Waals surface area contributed by atoms with Crippen molar-refractivity contribution in [3.8, 4) is 11.1 Å². The van der Waals surface area contributed by atoms with Crippen LogP contribution in [-0.4, -0.2) is 13.0 Å². The van der Waals surface area contributed by atoms with E-state index in [4.69, 9.17) is 10.5 Å². The number of amides is 1. The van der Waals surface area contributed by atoms with Gasteiger partial charge in [-0.05, 0) is 29.2 Å². The molecule has 0 aliphatic carbocycles. The summed E-state index contributed by atoms with van der Waals surface area (Å²) in [6.45, 7) is 6.82. The second kappa shape index (κ2) is 7.41. The number of nitrogen functional groups attached to an aromatic ring is 1. The normalized spacial score (nSPS) is 11.5. The molecule has 0 saturated heterocycles.